The van der Waals surface area contributed by atoms with Crippen LogP contribution >= 0.6 is 11.6 Å². The van der Waals surface area contributed by atoms with Crippen LogP contribution in [0.1, 0.15) is 20.8 Å². The fourth-order valence-electron chi connectivity index (χ4n) is 1.09. The molecule has 94 valence electrons. The third-order valence-electron chi connectivity index (χ3n) is 2.35. The van der Waals surface area contributed by atoms with Gasteiger partial charge in [-0.25, -0.2) is 0 Å². The summed E-state index contributed by atoms with van der Waals surface area (Å²) in [7, 11) is 0. The van der Waals surface area contributed by atoms with Crippen molar-refractivity contribution in [2.45, 2.75) is 26.9 Å². The minimum absolute atomic E-state index is 0.103. The number of nitrogens with two attached hydrogens (primary N) is 1. The van der Waals surface area contributed by atoms with Crippen LogP contribution in [0.2, 0.25) is 5.02 Å². The second-order valence-electron chi connectivity index (χ2n) is 4.99. The molecule has 0 fully saturated rings. The second-order valence-corrected chi connectivity index (χ2v) is 5.43. The number of benzene rings is 1. The molecular weight excluding hydrogens is 236 g/mol. The molecule has 1 atom stereocenters. The van der Waals surface area contributed by atoms with Crippen molar-refractivity contribution in [1.82, 2.24) is 5.32 Å². The van der Waals surface area contributed by atoms with Gasteiger partial charge < -0.3 is 16.4 Å². The van der Waals surface area contributed by atoms with Gasteiger partial charge in [-0.2, -0.15) is 0 Å². The topological polar surface area (TPSA) is 73.9 Å². The van der Waals surface area contributed by atoms with Crippen LogP contribution in [0.15, 0.2) is 24.3 Å². The van der Waals surface area contributed by atoms with Crippen molar-refractivity contribution in [2.24, 2.45) is 11.1 Å². The number of rotatable bonds is 2. The molecule has 4 nitrogen and oxygen atoms in total. The Kier molecular flexibility index (Phi) is 4.37. The van der Waals surface area contributed by atoms with E-state index in [-0.39, 0.29) is 17.5 Å². The molecule has 0 heterocycles. The van der Waals surface area contributed by atoms with E-state index in [0.717, 1.165) is 5.69 Å². The first-order valence-corrected chi connectivity index (χ1v) is 5.80. The normalized spacial score (nSPS) is 13.0. The minimum atomic E-state index is -0.283. The van der Waals surface area contributed by atoms with E-state index in [1.807, 2.05) is 20.8 Å². The molecule has 0 aliphatic rings. The predicted octanol–water partition coefficient (Wildman–Crippen LogP) is 2.61. The zero-order chi connectivity index (χ0) is 13.1. The summed E-state index contributed by atoms with van der Waals surface area (Å²) >= 11 is 5.78. The van der Waals surface area contributed by atoms with Crippen LogP contribution in [-0.2, 0) is 0 Å². The van der Waals surface area contributed by atoms with Crippen LogP contribution < -0.4 is 16.4 Å². The van der Waals surface area contributed by atoms with E-state index < -0.39 is 0 Å². The third kappa shape index (κ3) is 4.63. The number of hydrogen-bond donors (Lipinski definition) is 4. The highest BCUT2D eigenvalue weighted by molar-refractivity contribution is 6.30. The fourth-order valence-corrected chi connectivity index (χ4v) is 1.21. The lowest BCUT2D eigenvalue weighted by atomic mass is 9.93. The molecule has 0 aromatic heterocycles. The zero-order valence-corrected chi connectivity index (χ0v) is 11.1. The van der Waals surface area contributed by atoms with Crippen molar-refractivity contribution in [2.75, 3.05) is 5.32 Å². The van der Waals surface area contributed by atoms with Gasteiger partial charge in [-0.05, 0) is 29.7 Å². The zero-order valence-electron chi connectivity index (χ0n) is 10.3. The largest absolute Gasteiger partial charge is 0.341 e. The average molecular weight is 255 g/mol. The summed E-state index contributed by atoms with van der Waals surface area (Å²) in [5.74, 6) is 0.176. The lowest BCUT2D eigenvalue weighted by Gasteiger charge is -2.28. The molecule has 1 aromatic rings. The van der Waals surface area contributed by atoms with E-state index in [1.54, 1.807) is 24.3 Å². The summed E-state index contributed by atoms with van der Waals surface area (Å²) in [6, 6.07) is 7.14. The standard InChI is InChI=1S/C12H19ClN4/c1-12(2,3)10(14)17-11(15)16-9-6-4-8(13)5-7-9/h4-7,10H,14H2,1-3H3,(H3,15,16,17). The Morgan fingerprint density at radius 1 is 1.29 bits per heavy atom. The monoisotopic (exact) mass is 254 g/mol. The van der Waals surface area contributed by atoms with Gasteiger partial charge in [-0.3, -0.25) is 5.41 Å². The van der Waals surface area contributed by atoms with Gasteiger partial charge >= 0.3 is 0 Å². The molecule has 0 amide bonds. The Balaban J connectivity index is 2.53. The number of anilines is 1. The van der Waals surface area contributed by atoms with Crippen molar-refractivity contribution < 1.29 is 0 Å². The first kappa shape index (κ1) is 13.8. The maximum Gasteiger partial charge on any atom is 0.194 e. The summed E-state index contributed by atoms with van der Waals surface area (Å²) < 4.78 is 0. The smallest absolute Gasteiger partial charge is 0.194 e. The Morgan fingerprint density at radius 3 is 2.29 bits per heavy atom. The van der Waals surface area contributed by atoms with E-state index in [2.05, 4.69) is 10.6 Å². The van der Waals surface area contributed by atoms with Crippen molar-refractivity contribution >= 4 is 23.2 Å². The number of halogens is 1. The summed E-state index contributed by atoms with van der Waals surface area (Å²) in [4.78, 5) is 0. The number of guanidine groups is 1. The van der Waals surface area contributed by atoms with E-state index in [1.165, 1.54) is 0 Å². The molecule has 1 aromatic carbocycles. The Morgan fingerprint density at radius 2 is 1.82 bits per heavy atom. The van der Waals surface area contributed by atoms with Crippen LogP contribution in [0.25, 0.3) is 0 Å². The van der Waals surface area contributed by atoms with Gasteiger partial charge in [0.25, 0.3) is 0 Å². The van der Waals surface area contributed by atoms with E-state index >= 15 is 0 Å². The van der Waals surface area contributed by atoms with Gasteiger partial charge in [-0.15, -0.1) is 0 Å². The maximum absolute atomic E-state index is 7.75. The maximum atomic E-state index is 7.75. The Hall–Kier alpha value is -1.26. The molecule has 0 aliphatic carbocycles. The van der Waals surface area contributed by atoms with Gasteiger partial charge in [0.2, 0.25) is 0 Å². The van der Waals surface area contributed by atoms with Crippen LogP contribution in [0.5, 0.6) is 0 Å². The van der Waals surface area contributed by atoms with Gasteiger partial charge in [0.05, 0.1) is 6.17 Å². The highest BCUT2D eigenvalue weighted by Crippen LogP contribution is 2.16. The molecule has 0 saturated carbocycles. The molecule has 1 unspecified atom stereocenters. The fraction of sp³-hybridized carbons (Fsp3) is 0.417. The van der Waals surface area contributed by atoms with E-state index in [4.69, 9.17) is 22.7 Å². The Labute approximate surface area is 107 Å². The summed E-state index contributed by atoms with van der Waals surface area (Å²) in [6.07, 6.45) is -0.283. The van der Waals surface area contributed by atoms with Gasteiger partial charge in [-0.1, -0.05) is 32.4 Å². The molecule has 1 rings (SSSR count). The first-order chi connectivity index (χ1) is 7.79. The van der Waals surface area contributed by atoms with Gasteiger partial charge in [0, 0.05) is 10.7 Å². The number of hydrogen-bond acceptors (Lipinski definition) is 2. The highest BCUT2D eigenvalue weighted by Gasteiger charge is 2.21. The molecule has 17 heavy (non-hydrogen) atoms. The first-order valence-electron chi connectivity index (χ1n) is 5.42. The Bertz CT molecular complexity index is 380. The summed E-state index contributed by atoms with van der Waals surface area (Å²) in [5.41, 5.74) is 6.61. The highest BCUT2D eigenvalue weighted by atomic mass is 35.5. The second kappa shape index (κ2) is 5.38. The summed E-state index contributed by atoms with van der Waals surface area (Å²) in [6.45, 7) is 6.04. The van der Waals surface area contributed by atoms with E-state index in [0.29, 0.717) is 5.02 Å². The molecule has 5 N–H and O–H groups in total. The average Bonchev–Trinajstić information content (AvgIpc) is 2.20. The van der Waals surface area contributed by atoms with Crippen molar-refractivity contribution in [1.29, 1.82) is 5.41 Å². The molecular formula is C12H19ClN4. The molecule has 0 aliphatic heterocycles. The quantitative estimate of drug-likeness (QED) is 0.372. The SMILES string of the molecule is CC(C)(C)C(N)NC(=N)Nc1ccc(Cl)cc1. The minimum Gasteiger partial charge on any atom is -0.341 e. The number of nitrogens with one attached hydrogen (secondary N) is 3. The van der Waals surface area contributed by atoms with E-state index in [9.17, 15) is 0 Å². The predicted molar refractivity (Wildman–Crippen MR) is 73.4 cm³/mol. The van der Waals surface area contributed by atoms with Crippen LogP contribution in [0.4, 0.5) is 5.69 Å². The van der Waals surface area contributed by atoms with Crippen molar-refractivity contribution in [3.8, 4) is 0 Å². The third-order valence-corrected chi connectivity index (χ3v) is 2.60. The lowest BCUT2D eigenvalue weighted by Crippen LogP contribution is -2.51. The molecule has 0 radical (unpaired) electrons. The van der Waals surface area contributed by atoms with Crippen molar-refractivity contribution in [3.05, 3.63) is 29.3 Å². The van der Waals surface area contributed by atoms with Crippen molar-refractivity contribution in [3.63, 3.8) is 0 Å². The van der Waals surface area contributed by atoms with Crippen LogP contribution in [-0.4, -0.2) is 12.1 Å². The lowest BCUT2D eigenvalue weighted by molar-refractivity contribution is 0.303. The van der Waals surface area contributed by atoms with Crippen LogP contribution in [0, 0.1) is 10.8 Å². The molecule has 5 heteroatoms. The molecule has 0 saturated heterocycles. The van der Waals surface area contributed by atoms with Crippen LogP contribution in [0.3, 0.4) is 0 Å². The van der Waals surface area contributed by atoms with Gasteiger partial charge in [0.1, 0.15) is 0 Å². The van der Waals surface area contributed by atoms with Gasteiger partial charge in [0.15, 0.2) is 5.96 Å². The molecule has 0 bridgehead atoms. The summed E-state index contributed by atoms with van der Waals surface area (Å²) in [5, 5.41) is 14.2. The molecule has 0 spiro atoms.